The summed E-state index contributed by atoms with van der Waals surface area (Å²) in [6, 6.07) is 4.49. The van der Waals surface area contributed by atoms with Gasteiger partial charge in [-0.15, -0.1) is 0 Å². The van der Waals surface area contributed by atoms with E-state index in [0.29, 0.717) is 42.9 Å². The number of benzene rings is 1. The molecule has 2 aliphatic rings. The van der Waals surface area contributed by atoms with Crippen molar-refractivity contribution in [3.8, 4) is 11.5 Å². The van der Waals surface area contributed by atoms with Crippen LogP contribution in [0.25, 0.3) is 0 Å². The molecule has 2 aliphatic heterocycles. The number of urea groups is 1. The Kier molecular flexibility index (Phi) is 6.70. The fourth-order valence-electron chi connectivity index (χ4n) is 3.29. The lowest BCUT2D eigenvalue weighted by Crippen LogP contribution is -2.45. The molecule has 4 amide bonds. The molecule has 152 valence electrons. The van der Waals surface area contributed by atoms with Gasteiger partial charge in [0.25, 0.3) is 0 Å². The highest BCUT2D eigenvalue weighted by Gasteiger charge is 2.21. The van der Waals surface area contributed by atoms with Crippen molar-refractivity contribution in [2.45, 2.75) is 19.8 Å². The van der Waals surface area contributed by atoms with Gasteiger partial charge in [0.2, 0.25) is 11.8 Å². The zero-order valence-electron chi connectivity index (χ0n) is 16.0. The number of fused-ring (bicyclic) bond motifs is 1. The summed E-state index contributed by atoms with van der Waals surface area (Å²) in [5, 5.41) is 7.81. The molecule has 2 heterocycles. The molecular formula is C19H26N4O5. The molecule has 9 heteroatoms. The molecule has 0 aliphatic carbocycles. The van der Waals surface area contributed by atoms with Crippen LogP contribution in [0, 0.1) is 5.92 Å². The highest BCUT2D eigenvalue weighted by molar-refractivity contribution is 6.01. The van der Waals surface area contributed by atoms with Crippen molar-refractivity contribution in [1.82, 2.24) is 15.5 Å². The number of carbonyl (C=O) groups is 3. The fourth-order valence-corrected chi connectivity index (χ4v) is 3.29. The molecule has 0 saturated carbocycles. The summed E-state index contributed by atoms with van der Waals surface area (Å²) in [7, 11) is 0. The summed E-state index contributed by atoms with van der Waals surface area (Å²) in [4.78, 5) is 37.2. The maximum atomic E-state index is 12.1. The minimum Gasteiger partial charge on any atom is -0.486 e. The molecule has 0 spiro atoms. The average Bonchev–Trinajstić information content (AvgIpc) is 2.67. The molecule has 0 aromatic heterocycles. The zero-order chi connectivity index (χ0) is 19.9. The number of rotatable bonds is 5. The Labute approximate surface area is 163 Å². The van der Waals surface area contributed by atoms with Crippen LogP contribution in [0.3, 0.4) is 0 Å². The summed E-state index contributed by atoms with van der Waals surface area (Å²) in [5.74, 6) is 1.26. The van der Waals surface area contributed by atoms with Crippen molar-refractivity contribution in [2.24, 2.45) is 5.92 Å². The van der Waals surface area contributed by atoms with E-state index in [2.05, 4.69) is 16.0 Å². The Morgan fingerprint density at radius 3 is 2.54 bits per heavy atom. The van der Waals surface area contributed by atoms with Crippen LogP contribution in [0.1, 0.15) is 19.8 Å². The normalized spacial score (nSPS) is 16.9. The first kappa shape index (κ1) is 19.9. The van der Waals surface area contributed by atoms with E-state index in [-0.39, 0.29) is 18.4 Å². The van der Waals surface area contributed by atoms with Crippen LogP contribution in [0.5, 0.6) is 11.5 Å². The van der Waals surface area contributed by atoms with Crippen LogP contribution in [0.15, 0.2) is 18.2 Å². The van der Waals surface area contributed by atoms with Crippen molar-refractivity contribution in [3.05, 3.63) is 18.2 Å². The van der Waals surface area contributed by atoms with Gasteiger partial charge in [0, 0.05) is 25.2 Å². The third-order valence-electron chi connectivity index (χ3n) is 4.77. The Hall–Kier alpha value is -2.81. The molecule has 0 bridgehead atoms. The summed E-state index contributed by atoms with van der Waals surface area (Å²) in [6.07, 6.45) is 1.83. The minimum absolute atomic E-state index is 0.0224. The maximum Gasteiger partial charge on any atom is 0.325 e. The summed E-state index contributed by atoms with van der Waals surface area (Å²) in [6.45, 7) is 4.84. The van der Waals surface area contributed by atoms with Gasteiger partial charge in [-0.1, -0.05) is 0 Å². The summed E-state index contributed by atoms with van der Waals surface area (Å²) >= 11 is 0. The topological polar surface area (TPSA) is 109 Å². The molecule has 9 nitrogen and oxygen atoms in total. The number of piperidine rings is 1. The van der Waals surface area contributed by atoms with Crippen molar-refractivity contribution in [1.29, 1.82) is 0 Å². The second kappa shape index (κ2) is 9.41. The van der Waals surface area contributed by atoms with Gasteiger partial charge >= 0.3 is 6.03 Å². The maximum absolute atomic E-state index is 12.1. The molecule has 0 radical (unpaired) electrons. The Morgan fingerprint density at radius 1 is 1.11 bits per heavy atom. The minimum atomic E-state index is -0.581. The van der Waals surface area contributed by atoms with Gasteiger partial charge in [-0.2, -0.15) is 0 Å². The Morgan fingerprint density at radius 2 is 1.82 bits per heavy atom. The van der Waals surface area contributed by atoms with Crippen LogP contribution in [-0.2, 0) is 9.59 Å². The smallest absolute Gasteiger partial charge is 0.325 e. The number of carbonyl (C=O) groups excluding carboxylic acids is 3. The molecule has 1 aromatic rings. The number of ether oxygens (including phenoxy) is 2. The summed E-state index contributed by atoms with van der Waals surface area (Å²) < 4.78 is 10.9. The molecule has 3 rings (SSSR count). The first-order valence-corrected chi connectivity index (χ1v) is 9.47. The van der Waals surface area contributed by atoms with E-state index in [1.165, 1.54) is 6.92 Å². The fraction of sp³-hybridized carbons (Fsp3) is 0.526. The molecule has 0 unspecified atom stereocenters. The first-order valence-electron chi connectivity index (χ1n) is 9.47. The number of likely N-dealkylation sites (tertiary alicyclic amines) is 1. The van der Waals surface area contributed by atoms with Gasteiger partial charge in [0.15, 0.2) is 11.5 Å². The number of anilines is 1. The Bertz CT molecular complexity index is 731. The van der Waals surface area contributed by atoms with Crippen LogP contribution in [0.2, 0.25) is 0 Å². The molecule has 28 heavy (non-hydrogen) atoms. The Balaban J connectivity index is 1.39. The number of nitrogens with zero attached hydrogens (tertiary/aromatic N) is 1. The van der Waals surface area contributed by atoms with Gasteiger partial charge in [-0.25, -0.2) is 4.79 Å². The lowest BCUT2D eigenvalue weighted by atomic mass is 9.97. The van der Waals surface area contributed by atoms with Gasteiger partial charge < -0.3 is 20.1 Å². The number of amides is 4. The lowest BCUT2D eigenvalue weighted by molar-refractivity contribution is -0.121. The average molecular weight is 390 g/mol. The van der Waals surface area contributed by atoms with E-state index in [9.17, 15) is 14.4 Å². The SMILES string of the molecule is CC(=O)NCC1CCN(CC(=O)NC(=O)Nc2ccc3c(c2)OCCO3)CC1. The van der Waals surface area contributed by atoms with E-state index in [1.54, 1.807) is 18.2 Å². The van der Waals surface area contributed by atoms with Gasteiger partial charge in [0.1, 0.15) is 13.2 Å². The summed E-state index contributed by atoms with van der Waals surface area (Å²) in [5.41, 5.74) is 0.522. The van der Waals surface area contributed by atoms with Crippen molar-refractivity contribution < 1.29 is 23.9 Å². The van der Waals surface area contributed by atoms with E-state index >= 15 is 0 Å². The lowest BCUT2D eigenvalue weighted by Gasteiger charge is -2.31. The number of hydrogen-bond donors (Lipinski definition) is 3. The second-order valence-corrected chi connectivity index (χ2v) is 7.02. The molecule has 1 aromatic carbocycles. The van der Waals surface area contributed by atoms with Crippen molar-refractivity contribution in [2.75, 3.05) is 44.7 Å². The highest BCUT2D eigenvalue weighted by atomic mass is 16.6. The molecule has 1 fully saturated rings. The van der Waals surface area contributed by atoms with E-state index in [1.807, 2.05) is 4.90 Å². The monoisotopic (exact) mass is 390 g/mol. The van der Waals surface area contributed by atoms with Crippen LogP contribution < -0.4 is 25.4 Å². The molecule has 3 N–H and O–H groups in total. The van der Waals surface area contributed by atoms with E-state index in [0.717, 1.165) is 25.9 Å². The largest absolute Gasteiger partial charge is 0.486 e. The van der Waals surface area contributed by atoms with Crippen LogP contribution in [-0.4, -0.2) is 62.1 Å². The van der Waals surface area contributed by atoms with Crippen molar-refractivity contribution >= 4 is 23.5 Å². The highest BCUT2D eigenvalue weighted by Crippen LogP contribution is 2.32. The third-order valence-corrected chi connectivity index (χ3v) is 4.77. The van der Waals surface area contributed by atoms with Gasteiger partial charge in [-0.05, 0) is 44.0 Å². The third kappa shape index (κ3) is 5.85. The predicted molar refractivity (Wildman–Crippen MR) is 102 cm³/mol. The van der Waals surface area contributed by atoms with Gasteiger partial charge in [0.05, 0.1) is 6.54 Å². The number of hydrogen-bond acceptors (Lipinski definition) is 6. The van der Waals surface area contributed by atoms with Crippen molar-refractivity contribution in [3.63, 3.8) is 0 Å². The number of imide groups is 1. The molecule has 1 saturated heterocycles. The second-order valence-electron chi connectivity index (χ2n) is 7.02. The van der Waals surface area contributed by atoms with E-state index in [4.69, 9.17) is 9.47 Å². The van der Waals surface area contributed by atoms with Gasteiger partial charge in [-0.3, -0.25) is 19.8 Å². The standard InChI is InChI=1S/C19H26N4O5/c1-13(24)20-11-14-4-6-23(7-5-14)12-18(25)22-19(26)21-15-2-3-16-17(10-15)28-9-8-27-16/h2-3,10,14H,4-9,11-12H2,1H3,(H,20,24)(H2,21,22,25,26). The first-order chi connectivity index (χ1) is 13.5. The molecular weight excluding hydrogens is 364 g/mol. The quantitative estimate of drug-likeness (QED) is 0.691. The molecule has 0 atom stereocenters. The van der Waals surface area contributed by atoms with Crippen LogP contribution in [0.4, 0.5) is 10.5 Å². The zero-order valence-corrected chi connectivity index (χ0v) is 16.0. The predicted octanol–water partition coefficient (Wildman–Crippen LogP) is 0.954. The van der Waals surface area contributed by atoms with E-state index < -0.39 is 6.03 Å². The van der Waals surface area contributed by atoms with Crippen LogP contribution >= 0.6 is 0 Å². The number of nitrogens with one attached hydrogen (secondary N) is 3.